The summed E-state index contributed by atoms with van der Waals surface area (Å²) in [5, 5.41) is 18.0. The quantitative estimate of drug-likeness (QED) is 0.276. The molecule has 0 aromatic heterocycles. The Labute approximate surface area is 196 Å². The molecule has 0 aliphatic rings. The third-order valence-corrected chi connectivity index (χ3v) is 7.63. The standard InChI is InChI=1S/C9H7Br2IO2.C9H9IO2/c1-2-4-5(10)3-6(11)8(12)7(4)9(13)14;1-2-6-4-3-5-7(10)8(6)9(11)12/h3H,2H2,1H3,(H,13,14);3-5H,2H2,1H3,(H,11,12). The molecule has 0 heterocycles. The first-order valence-corrected chi connectivity index (χ1v) is 11.3. The highest BCUT2D eigenvalue weighted by Gasteiger charge is 2.18. The number of rotatable bonds is 4. The zero-order chi connectivity index (χ0) is 20.0. The normalized spacial score (nSPS) is 10.1. The molecule has 0 amide bonds. The molecule has 0 aliphatic heterocycles. The molecule has 2 N–H and O–H groups in total. The third kappa shape index (κ3) is 5.90. The van der Waals surface area contributed by atoms with E-state index in [1.807, 2.05) is 83.3 Å². The molecule has 0 spiro atoms. The van der Waals surface area contributed by atoms with Crippen molar-refractivity contribution in [1.29, 1.82) is 0 Å². The monoisotopic (exact) mass is 708 g/mol. The molecular formula is C18H16Br2I2O4. The van der Waals surface area contributed by atoms with E-state index < -0.39 is 11.9 Å². The van der Waals surface area contributed by atoms with Gasteiger partial charge in [0.2, 0.25) is 0 Å². The van der Waals surface area contributed by atoms with Gasteiger partial charge in [-0.2, -0.15) is 0 Å². The molecule has 0 aliphatic carbocycles. The summed E-state index contributed by atoms with van der Waals surface area (Å²) in [5.74, 6) is -1.72. The highest BCUT2D eigenvalue weighted by Crippen LogP contribution is 2.32. The number of halogens is 4. The van der Waals surface area contributed by atoms with E-state index in [1.165, 1.54) is 0 Å². The van der Waals surface area contributed by atoms with E-state index in [1.54, 1.807) is 0 Å². The van der Waals surface area contributed by atoms with Crippen LogP contribution in [0.1, 0.15) is 45.7 Å². The van der Waals surface area contributed by atoms with E-state index in [0.29, 0.717) is 17.5 Å². The molecule has 2 aromatic rings. The van der Waals surface area contributed by atoms with Gasteiger partial charge in [-0.3, -0.25) is 0 Å². The molecule has 2 rings (SSSR count). The van der Waals surface area contributed by atoms with Crippen LogP contribution in [0.4, 0.5) is 0 Å². The lowest BCUT2D eigenvalue weighted by Crippen LogP contribution is -2.06. The van der Waals surface area contributed by atoms with Crippen molar-refractivity contribution in [3.05, 3.63) is 62.6 Å². The smallest absolute Gasteiger partial charge is 0.337 e. The fraction of sp³-hybridized carbons (Fsp3) is 0.222. The fourth-order valence-electron chi connectivity index (χ4n) is 2.30. The van der Waals surface area contributed by atoms with Gasteiger partial charge in [0, 0.05) is 16.1 Å². The molecule has 0 radical (unpaired) electrons. The number of hydrogen-bond acceptors (Lipinski definition) is 2. The minimum atomic E-state index is -0.881. The molecular weight excluding hydrogens is 694 g/mol. The largest absolute Gasteiger partial charge is 0.478 e. The second-order valence-corrected chi connectivity index (χ2v) is 9.05. The lowest BCUT2D eigenvalue weighted by molar-refractivity contribution is 0.0683. The number of benzene rings is 2. The van der Waals surface area contributed by atoms with E-state index >= 15 is 0 Å². The van der Waals surface area contributed by atoms with Crippen LogP contribution < -0.4 is 0 Å². The zero-order valence-electron chi connectivity index (χ0n) is 13.9. The molecule has 0 unspecified atom stereocenters. The summed E-state index contributed by atoms with van der Waals surface area (Å²) in [6.07, 6.45) is 1.46. The molecule has 0 saturated heterocycles. The van der Waals surface area contributed by atoms with Crippen molar-refractivity contribution in [1.82, 2.24) is 0 Å². The molecule has 140 valence electrons. The number of hydrogen-bond donors (Lipinski definition) is 2. The van der Waals surface area contributed by atoms with E-state index in [4.69, 9.17) is 10.2 Å². The van der Waals surface area contributed by atoms with Gasteiger partial charge in [0.05, 0.1) is 11.1 Å². The van der Waals surface area contributed by atoms with Gasteiger partial charge < -0.3 is 10.2 Å². The van der Waals surface area contributed by atoms with Crippen molar-refractivity contribution < 1.29 is 19.8 Å². The Morgan fingerprint density at radius 3 is 1.96 bits per heavy atom. The van der Waals surface area contributed by atoms with E-state index in [9.17, 15) is 9.59 Å². The van der Waals surface area contributed by atoms with Crippen LogP contribution in [-0.4, -0.2) is 22.2 Å². The van der Waals surface area contributed by atoms with Crippen LogP contribution in [0.25, 0.3) is 0 Å². The number of carbonyl (C=O) groups is 2. The van der Waals surface area contributed by atoms with Crippen LogP contribution in [-0.2, 0) is 12.8 Å². The Hall–Kier alpha value is -0.200. The summed E-state index contributed by atoms with van der Waals surface area (Å²) in [6.45, 7) is 3.90. The Morgan fingerprint density at radius 1 is 0.962 bits per heavy atom. The summed E-state index contributed by atoms with van der Waals surface area (Å²) in [5.41, 5.74) is 2.56. The maximum Gasteiger partial charge on any atom is 0.337 e. The fourth-order valence-corrected chi connectivity index (χ4v) is 5.24. The van der Waals surface area contributed by atoms with Gasteiger partial charge in [-0.05, 0) is 97.2 Å². The second-order valence-electron chi connectivity index (χ2n) is 5.10. The number of carboxylic acid groups (broad SMARTS) is 2. The van der Waals surface area contributed by atoms with Crippen LogP contribution in [0.5, 0.6) is 0 Å². The van der Waals surface area contributed by atoms with Crippen LogP contribution in [0, 0.1) is 7.14 Å². The Balaban J connectivity index is 0.000000263. The number of aryl methyl sites for hydroxylation is 1. The second kappa shape index (κ2) is 11.0. The predicted molar refractivity (Wildman–Crippen MR) is 126 cm³/mol. The Morgan fingerprint density at radius 2 is 1.54 bits per heavy atom. The molecule has 26 heavy (non-hydrogen) atoms. The maximum absolute atomic E-state index is 11.1. The third-order valence-electron chi connectivity index (χ3n) is 3.53. The average molecular weight is 710 g/mol. The van der Waals surface area contributed by atoms with Gasteiger partial charge in [0.25, 0.3) is 0 Å². The van der Waals surface area contributed by atoms with Gasteiger partial charge in [0.1, 0.15) is 0 Å². The minimum absolute atomic E-state index is 0.384. The summed E-state index contributed by atoms with van der Waals surface area (Å²) in [4.78, 5) is 21.9. The highest BCUT2D eigenvalue weighted by atomic mass is 127. The summed E-state index contributed by atoms with van der Waals surface area (Å²) < 4.78 is 3.19. The molecule has 0 saturated carbocycles. The van der Waals surface area contributed by atoms with Gasteiger partial charge in [-0.25, -0.2) is 9.59 Å². The minimum Gasteiger partial charge on any atom is -0.478 e. The molecule has 4 nitrogen and oxygen atoms in total. The van der Waals surface area contributed by atoms with Crippen molar-refractivity contribution in [3.63, 3.8) is 0 Å². The topological polar surface area (TPSA) is 74.6 Å². The Kier molecular flexibility index (Phi) is 10.0. The van der Waals surface area contributed by atoms with Crippen LogP contribution in [0.2, 0.25) is 0 Å². The molecule has 0 fully saturated rings. The van der Waals surface area contributed by atoms with E-state index in [-0.39, 0.29) is 0 Å². The Bertz CT molecular complexity index is 838. The van der Waals surface area contributed by atoms with E-state index in [2.05, 4.69) is 31.9 Å². The van der Waals surface area contributed by atoms with Crippen molar-refractivity contribution >= 4 is 89.0 Å². The molecule has 8 heteroatoms. The SMILES string of the molecule is CCc1c(Br)cc(Br)c(I)c1C(=O)O.CCc1cccc(I)c1C(=O)O. The van der Waals surface area contributed by atoms with Crippen molar-refractivity contribution in [2.75, 3.05) is 0 Å². The van der Waals surface area contributed by atoms with E-state index in [0.717, 1.165) is 33.6 Å². The lowest BCUT2D eigenvalue weighted by atomic mass is 10.1. The average Bonchev–Trinajstić information content (AvgIpc) is 2.57. The van der Waals surface area contributed by atoms with Gasteiger partial charge >= 0.3 is 11.9 Å². The zero-order valence-corrected chi connectivity index (χ0v) is 21.4. The first-order valence-electron chi connectivity index (χ1n) is 7.55. The highest BCUT2D eigenvalue weighted by molar-refractivity contribution is 14.1. The number of carboxylic acids is 2. The van der Waals surface area contributed by atoms with Crippen LogP contribution in [0.3, 0.4) is 0 Å². The molecule has 2 aromatic carbocycles. The van der Waals surface area contributed by atoms with Crippen molar-refractivity contribution in [2.45, 2.75) is 26.7 Å². The molecule has 0 atom stereocenters. The molecule has 0 bridgehead atoms. The van der Waals surface area contributed by atoms with Crippen molar-refractivity contribution in [3.8, 4) is 0 Å². The van der Waals surface area contributed by atoms with Crippen LogP contribution >= 0.6 is 77.0 Å². The van der Waals surface area contributed by atoms with Crippen LogP contribution in [0.15, 0.2) is 33.2 Å². The maximum atomic E-state index is 11.1. The summed E-state index contributed by atoms with van der Waals surface area (Å²) >= 11 is 10.8. The summed E-state index contributed by atoms with van der Waals surface area (Å²) in [6, 6.07) is 7.43. The van der Waals surface area contributed by atoms with Crippen molar-refractivity contribution in [2.24, 2.45) is 0 Å². The lowest BCUT2D eigenvalue weighted by Gasteiger charge is -2.10. The van der Waals surface area contributed by atoms with Gasteiger partial charge in [-0.1, -0.05) is 41.9 Å². The van der Waals surface area contributed by atoms with Gasteiger partial charge in [0.15, 0.2) is 0 Å². The summed E-state index contributed by atoms with van der Waals surface area (Å²) in [7, 11) is 0. The first kappa shape index (κ1) is 23.8. The number of aromatic carboxylic acids is 2. The van der Waals surface area contributed by atoms with Gasteiger partial charge in [-0.15, -0.1) is 0 Å². The first-order chi connectivity index (χ1) is 12.1. The predicted octanol–water partition coefficient (Wildman–Crippen LogP) is 6.63.